The van der Waals surface area contributed by atoms with Crippen molar-refractivity contribution in [3.8, 4) is 0 Å². The lowest BCUT2D eigenvalue weighted by atomic mass is 9.70. The van der Waals surface area contributed by atoms with Crippen molar-refractivity contribution in [1.29, 1.82) is 0 Å². The fourth-order valence-corrected chi connectivity index (χ4v) is 3.95. The number of benzene rings is 2. The summed E-state index contributed by atoms with van der Waals surface area (Å²) >= 11 is 0. The van der Waals surface area contributed by atoms with E-state index in [0.717, 1.165) is 18.4 Å². The minimum Gasteiger partial charge on any atom is -0.511 e. The zero-order chi connectivity index (χ0) is 17.2. The Hall–Kier alpha value is -2.28. The van der Waals surface area contributed by atoms with Crippen LogP contribution in [0.1, 0.15) is 31.9 Å². The van der Waals surface area contributed by atoms with Gasteiger partial charge < -0.3 is 5.11 Å². The summed E-state index contributed by atoms with van der Waals surface area (Å²) in [6, 6.07) is 20.9. The van der Waals surface area contributed by atoms with Gasteiger partial charge in [-0.2, -0.15) is 0 Å². The minimum atomic E-state index is -0.317. The fraction of sp³-hybridized carbons (Fsp3) is 0.304. The van der Waals surface area contributed by atoms with E-state index >= 15 is 0 Å². The van der Waals surface area contributed by atoms with Crippen molar-refractivity contribution in [3.63, 3.8) is 0 Å². The van der Waals surface area contributed by atoms with Crippen LogP contribution in [0.2, 0.25) is 0 Å². The van der Waals surface area contributed by atoms with Crippen molar-refractivity contribution in [2.75, 3.05) is 0 Å². The third kappa shape index (κ3) is 3.31. The maximum atomic E-state index is 11.0. The molecular formula is C23H26O. The Morgan fingerprint density at radius 1 is 0.875 bits per heavy atom. The van der Waals surface area contributed by atoms with Crippen molar-refractivity contribution < 1.29 is 5.11 Å². The van der Waals surface area contributed by atoms with Crippen LogP contribution in [0.25, 0.3) is 0 Å². The molecule has 124 valence electrons. The lowest BCUT2D eigenvalue weighted by Gasteiger charge is -2.36. The normalized spacial score (nSPS) is 24.0. The number of aliphatic hydroxyl groups is 1. The summed E-state index contributed by atoms with van der Waals surface area (Å²) in [5.74, 6) is 0.828. The van der Waals surface area contributed by atoms with Gasteiger partial charge in [0.05, 0.1) is 0 Å². The zero-order valence-electron chi connectivity index (χ0n) is 14.8. The van der Waals surface area contributed by atoms with Crippen LogP contribution in [0.4, 0.5) is 0 Å². The lowest BCUT2D eigenvalue weighted by molar-refractivity contribution is 0.263. The molecule has 0 saturated heterocycles. The van der Waals surface area contributed by atoms with E-state index in [1.54, 1.807) is 0 Å². The van der Waals surface area contributed by atoms with Crippen LogP contribution < -0.4 is 0 Å². The van der Waals surface area contributed by atoms with E-state index in [1.165, 1.54) is 16.7 Å². The maximum Gasteiger partial charge on any atom is 0.102 e. The quantitative estimate of drug-likeness (QED) is 0.697. The number of hydrogen-bond donors (Lipinski definition) is 1. The molecule has 0 saturated carbocycles. The highest BCUT2D eigenvalue weighted by Gasteiger charge is 2.35. The topological polar surface area (TPSA) is 20.2 Å². The van der Waals surface area contributed by atoms with Gasteiger partial charge in [-0.15, -0.1) is 0 Å². The van der Waals surface area contributed by atoms with Gasteiger partial charge in [-0.1, -0.05) is 72.3 Å². The molecule has 1 N–H and O–H groups in total. The molecule has 3 rings (SSSR count). The van der Waals surface area contributed by atoms with E-state index < -0.39 is 0 Å². The molecule has 2 atom stereocenters. The van der Waals surface area contributed by atoms with Crippen molar-refractivity contribution >= 4 is 0 Å². The van der Waals surface area contributed by atoms with Crippen molar-refractivity contribution in [1.82, 2.24) is 0 Å². The Morgan fingerprint density at radius 3 is 2.00 bits per heavy atom. The summed E-state index contributed by atoms with van der Waals surface area (Å²) in [4.78, 5) is 0. The Balaban J connectivity index is 1.88. The van der Waals surface area contributed by atoms with Gasteiger partial charge in [0.25, 0.3) is 0 Å². The summed E-state index contributed by atoms with van der Waals surface area (Å²) in [7, 11) is 0. The molecule has 1 aliphatic carbocycles. The molecule has 0 radical (unpaired) electrons. The van der Waals surface area contributed by atoms with Gasteiger partial charge >= 0.3 is 0 Å². The third-order valence-electron chi connectivity index (χ3n) is 5.23. The SMILES string of the molecule is CC1=CC(C)(Cc2ccccc2)C(O)=C(C)C1Cc1ccccc1. The summed E-state index contributed by atoms with van der Waals surface area (Å²) in [5.41, 5.74) is 4.71. The number of aliphatic hydroxyl groups excluding tert-OH is 1. The van der Waals surface area contributed by atoms with Crippen molar-refractivity contribution in [2.24, 2.45) is 11.3 Å². The van der Waals surface area contributed by atoms with Gasteiger partial charge in [-0.25, -0.2) is 0 Å². The first kappa shape index (κ1) is 16.6. The van der Waals surface area contributed by atoms with Gasteiger partial charge in [0.1, 0.15) is 5.76 Å². The molecule has 0 spiro atoms. The van der Waals surface area contributed by atoms with Crippen LogP contribution in [0.3, 0.4) is 0 Å². The average molecular weight is 318 g/mol. The Kier molecular flexibility index (Phi) is 4.62. The highest BCUT2D eigenvalue weighted by Crippen LogP contribution is 2.43. The van der Waals surface area contributed by atoms with Gasteiger partial charge in [0, 0.05) is 11.3 Å². The van der Waals surface area contributed by atoms with E-state index in [0.29, 0.717) is 5.76 Å². The van der Waals surface area contributed by atoms with Crippen LogP contribution in [0, 0.1) is 11.3 Å². The molecule has 1 heteroatoms. The molecule has 0 aromatic heterocycles. The standard InChI is InChI=1S/C23H26O/c1-17-15-23(3,16-20-12-8-5-9-13-20)22(24)18(2)21(17)14-19-10-6-4-7-11-19/h4-13,15,21,24H,14,16H2,1-3H3. The first-order valence-electron chi connectivity index (χ1n) is 8.67. The fourth-order valence-electron chi connectivity index (χ4n) is 3.95. The number of hydrogen-bond acceptors (Lipinski definition) is 1. The second-order valence-electron chi connectivity index (χ2n) is 7.24. The molecule has 0 heterocycles. The number of allylic oxidation sites excluding steroid dienone is 3. The Labute approximate surface area is 145 Å². The molecule has 2 aromatic rings. The van der Waals surface area contributed by atoms with Crippen LogP contribution >= 0.6 is 0 Å². The lowest BCUT2D eigenvalue weighted by Crippen LogP contribution is -2.28. The largest absolute Gasteiger partial charge is 0.511 e. The molecule has 0 bridgehead atoms. The van der Waals surface area contributed by atoms with Crippen LogP contribution in [0.5, 0.6) is 0 Å². The summed E-state index contributed by atoms with van der Waals surface area (Å²) in [6.07, 6.45) is 4.04. The van der Waals surface area contributed by atoms with E-state index in [9.17, 15) is 5.11 Å². The van der Waals surface area contributed by atoms with Gasteiger partial charge in [0.2, 0.25) is 0 Å². The highest BCUT2D eigenvalue weighted by molar-refractivity contribution is 5.38. The smallest absolute Gasteiger partial charge is 0.102 e. The molecular weight excluding hydrogens is 292 g/mol. The van der Waals surface area contributed by atoms with E-state index in [1.807, 2.05) is 12.1 Å². The molecule has 2 unspecified atom stereocenters. The van der Waals surface area contributed by atoms with Gasteiger partial charge in [0.15, 0.2) is 0 Å². The van der Waals surface area contributed by atoms with Crippen molar-refractivity contribution in [2.45, 2.75) is 33.6 Å². The van der Waals surface area contributed by atoms with Crippen LogP contribution in [0.15, 0.2) is 83.6 Å². The molecule has 1 nitrogen and oxygen atoms in total. The minimum absolute atomic E-state index is 0.288. The van der Waals surface area contributed by atoms with Crippen LogP contribution in [-0.4, -0.2) is 5.11 Å². The molecule has 2 aromatic carbocycles. The first-order valence-corrected chi connectivity index (χ1v) is 8.67. The second kappa shape index (κ2) is 6.68. The summed E-state index contributed by atoms with van der Waals surface area (Å²) in [5, 5.41) is 11.0. The summed E-state index contributed by atoms with van der Waals surface area (Å²) in [6.45, 7) is 6.43. The molecule has 0 amide bonds. The zero-order valence-corrected chi connectivity index (χ0v) is 14.8. The predicted molar refractivity (Wildman–Crippen MR) is 101 cm³/mol. The monoisotopic (exact) mass is 318 g/mol. The van der Waals surface area contributed by atoms with E-state index in [-0.39, 0.29) is 11.3 Å². The predicted octanol–water partition coefficient (Wildman–Crippen LogP) is 5.89. The Bertz CT molecular complexity index is 755. The third-order valence-corrected chi connectivity index (χ3v) is 5.23. The first-order chi connectivity index (χ1) is 11.5. The van der Waals surface area contributed by atoms with E-state index in [2.05, 4.69) is 75.4 Å². The van der Waals surface area contributed by atoms with Crippen LogP contribution in [-0.2, 0) is 12.8 Å². The molecule has 24 heavy (non-hydrogen) atoms. The molecule has 0 fully saturated rings. The molecule has 0 aliphatic heterocycles. The van der Waals surface area contributed by atoms with Crippen molar-refractivity contribution in [3.05, 3.63) is 94.8 Å². The highest BCUT2D eigenvalue weighted by atomic mass is 16.3. The second-order valence-corrected chi connectivity index (χ2v) is 7.24. The number of rotatable bonds is 4. The van der Waals surface area contributed by atoms with Gasteiger partial charge in [-0.3, -0.25) is 0 Å². The van der Waals surface area contributed by atoms with Gasteiger partial charge in [-0.05, 0) is 50.3 Å². The average Bonchev–Trinajstić information content (AvgIpc) is 2.59. The Morgan fingerprint density at radius 2 is 1.42 bits per heavy atom. The molecule has 1 aliphatic rings. The summed E-state index contributed by atoms with van der Waals surface area (Å²) < 4.78 is 0. The maximum absolute atomic E-state index is 11.0. The van der Waals surface area contributed by atoms with E-state index in [4.69, 9.17) is 0 Å².